The van der Waals surface area contributed by atoms with E-state index >= 15 is 0 Å². The molecule has 3 aliphatic heterocycles. The number of carbonyl (C=O) groups is 2. The number of hydrogen-bond donors (Lipinski definition) is 2. The van der Waals surface area contributed by atoms with E-state index in [1.54, 1.807) is 18.3 Å². The Morgan fingerprint density at radius 2 is 1.71 bits per heavy atom. The number of nitrogens with one attached hydrogen (secondary N) is 2. The average Bonchev–Trinajstić information content (AvgIpc) is 3.72. The Kier molecular flexibility index (Phi) is 7.15. The fraction of sp³-hybridized carbons (Fsp3) is 0.265. The molecule has 3 aliphatic rings. The van der Waals surface area contributed by atoms with Crippen LogP contribution in [0.25, 0.3) is 0 Å². The van der Waals surface area contributed by atoms with Crippen molar-refractivity contribution in [2.75, 3.05) is 30.3 Å². The van der Waals surface area contributed by atoms with Gasteiger partial charge >= 0.3 is 6.03 Å². The summed E-state index contributed by atoms with van der Waals surface area (Å²) in [7, 11) is 0. The molecule has 212 valence electrons. The maximum atomic E-state index is 13.4. The molecule has 3 aromatic carbocycles. The van der Waals surface area contributed by atoms with Crippen LogP contribution >= 0.6 is 0 Å². The van der Waals surface area contributed by atoms with Crippen molar-refractivity contribution in [1.82, 2.24) is 14.8 Å². The molecule has 2 unspecified atom stereocenters. The van der Waals surface area contributed by atoms with Gasteiger partial charge in [-0.1, -0.05) is 66.7 Å². The van der Waals surface area contributed by atoms with E-state index in [4.69, 9.17) is 4.74 Å². The zero-order valence-electron chi connectivity index (χ0n) is 23.3. The Balaban J connectivity index is 1.01. The summed E-state index contributed by atoms with van der Waals surface area (Å²) in [6.45, 7) is 3.40. The van der Waals surface area contributed by atoms with Crippen molar-refractivity contribution < 1.29 is 14.3 Å². The number of pyridine rings is 1. The lowest BCUT2D eigenvalue weighted by molar-refractivity contribution is 0.0356. The third kappa shape index (κ3) is 5.26. The first kappa shape index (κ1) is 26.4. The summed E-state index contributed by atoms with van der Waals surface area (Å²) in [5, 5.41) is 5.85. The number of rotatable bonds is 7. The maximum Gasteiger partial charge on any atom is 0.324 e. The minimum Gasteiger partial charge on any atom is -0.352 e. The van der Waals surface area contributed by atoms with Gasteiger partial charge in [0.25, 0.3) is 5.91 Å². The molecule has 0 aliphatic carbocycles. The highest BCUT2D eigenvalue weighted by Crippen LogP contribution is 2.44. The van der Waals surface area contributed by atoms with Crippen LogP contribution in [0.1, 0.15) is 51.2 Å². The zero-order valence-corrected chi connectivity index (χ0v) is 23.3. The Labute approximate surface area is 245 Å². The Hall–Kier alpha value is -4.53. The Bertz CT molecular complexity index is 1600. The summed E-state index contributed by atoms with van der Waals surface area (Å²) in [5.74, 6) is 0.819. The third-order valence-corrected chi connectivity index (χ3v) is 8.49. The molecule has 0 radical (unpaired) electrons. The fourth-order valence-corrected chi connectivity index (χ4v) is 6.49. The maximum absolute atomic E-state index is 13.4. The first-order valence-electron chi connectivity index (χ1n) is 14.5. The van der Waals surface area contributed by atoms with E-state index in [2.05, 4.69) is 56.9 Å². The van der Waals surface area contributed by atoms with Crippen LogP contribution in [-0.4, -0.2) is 52.5 Å². The van der Waals surface area contributed by atoms with Crippen LogP contribution in [0.5, 0.6) is 0 Å². The molecule has 0 bridgehead atoms. The van der Waals surface area contributed by atoms with E-state index in [0.29, 0.717) is 41.6 Å². The van der Waals surface area contributed by atoms with Crippen LogP contribution in [0.3, 0.4) is 0 Å². The van der Waals surface area contributed by atoms with Gasteiger partial charge < -0.3 is 15.0 Å². The first-order chi connectivity index (χ1) is 20.6. The van der Waals surface area contributed by atoms with Crippen molar-refractivity contribution in [3.8, 4) is 0 Å². The highest BCUT2D eigenvalue weighted by Gasteiger charge is 2.47. The van der Waals surface area contributed by atoms with Crippen LogP contribution in [0.15, 0.2) is 97.2 Å². The van der Waals surface area contributed by atoms with Crippen LogP contribution in [0.4, 0.5) is 16.3 Å². The highest BCUT2D eigenvalue weighted by atomic mass is 16.5. The molecule has 2 N–H and O–H groups in total. The van der Waals surface area contributed by atoms with Gasteiger partial charge in [-0.3, -0.25) is 15.0 Å². The lowest BCUT2D eigenvalue weighted by Gasteiger charge is -2.22. The first-order valence-corrected chi connectivity index (χ1v) is 14.5. The van der Waals surface area contributed by atoms with Gasteiger partial charge in [-0.25, -0.2) is 9.78 Å². The molecule has 3 atom stereocenters. The molecule has 4 aromatic rings. The number of urea groups is 1. The molecular formula is C34H33N5O3. The molecule has 7 rings (SSSR count). The monoisotopic (exact) mass is 559 g/mol. The Morgan fingerprint density at radius 3 is 2.52 bits per heavy atom. The van der Waals surface area contributed by atoms with E-state index in [0.717, 1.165) is 31.6 Å². The molecule has 0 saturated carbocycles. The van der Waals surface area contributed by atoms with Crippen LogP contribution in [0.2, 0.25) is 0 Å². The predicted octanol–water partition coefficient (Wildman–Crippen LogP) is 5.81. The molecule has 2 fully saturated rings. The van der Waals surface area contributed by atoms with Gasteiger partial charge in [0.15, 0.2) is 6.23 Å². The topological polar surface area (TPSA) is 86.8 Å². The number of ether oxygens (including phenoxy) is 1. The second-order valence-corrected chi connectivity index (χ2v) is 11.3. The number of amides is 3. The van der Waals surface area contributed by atoms with Gasteiger partial charge in [0.2, 0.25) is 0 Å². The second-order valence-electron chi connectivity index (χ2n) is 11.3. The Morgan fingerprint density at radius 1 is 0.929 bits per heavy atom. The number of aromatic nitrogens is 1. The van der Waals surface area contributed by atoms with Gasteiger partial charge in [0.1, 0.15) is 5.82 Å². The van der Waals surface area contributed by atoms with E-state index in [9.17, 15) is 9.59 Å². The van der Waals surface area contributed by atoms with E-state index in [1.165, 1.54) is 11.1 Å². The predicted molar refractivity (Wildman–Crippen MR) is 161 cm³/mol. The lowest BCUT2D eigenvalue weighted by Crippen LogP contribution is -2.35. The molecule has 0 spiro atoms. The van der Waals surface area contributed by atoms with Crippen LogP contribution in [-0.2, 0) is 17.7 Å². The summed E-state index contributed by atoms with van der Waals surface area (Å²) in [6, 6.07) is 29.6. The van der Waals surface area contributed by atoms with Gasteiger partial charge in [0.05, 0.1) is 18.3 Å². The van der Waals surface area contributed by atoms with Crippen LogP contribution in [0, 0.1) is 0 Å². The molecular weight excluding hydrogens is 526 g/mol. The van der Waals surface area contributed by atoms with E-state index in [1.807, 2.05) is 47.4 Å². The normalized spacial score (nSPS) is 21.3. The molecule has 2 saturated heterocycles. The molecule has 42 heavy (non-hydrogen) atoms. The average molecular weight is 560 g/mol. The number of nitrogens with zero attached hydrogens (tertiary/aromatic N) is 3. The van der Waals surface area contributed by atoms with Gasteiger partial charge in [-0.15, -0.1) is 0 Å². The second kappa shape index (κ2) is 11.4. The smallest absolute Gasteiger partial charge is 0.324 e. The van der Waals surface area contributed by atoms with Crippen molar-refractivity contribution in [3.63, 3.8) is 0 Å². The summed E-state index contributed by atoms with van der Waals surface area (Å²) in [4.78, 5) is 35.2. The number of fused-ring (bicyclic) bond motifs is 3. The van der Waals surface area contributed by atoms with E-state index in [-0.39, 0.29) is 11.9 Å². The summed E-state index contributed by atoms with van der Waals surface area (Å²) < 4.78 is 6.13. The van der Waals surface area contributed by atoms with Crippen molar-refractivity contribution in [3.05, 3.63) is 125 Å². The minimum atomic E-state index is -0.514. The summed E-state index contributed by atoms with van der Waals surface area (Å²) >= 11 is 0. The summed E-state index contributed by atoms with van der Waals surface area (Å²) in [6.07, 6.45) is 3.02. The van der Waals surface area contributed by atoms with Crippen LogP contribution < -0.4 is 10.6 Å². The van der Waals surface area contributed by atoms with Crippen molar-refractivity contribution in [2.24, 2.45) is 0 Å². The molecule has 8 nitrogen and oxygen atoms in total. The number of carbonyl (C=O) groups excluding carboxylic acids is 2. The number of hydrogen-bond acceptors (Lipinski definition) is 5. The minimum absolute atomic E-state index is 0.0647. The van der Waals surface area contributed by atoms with Gasteiger partial charge in [0, 0.05) is 30.4 Å². The lowest BCUT2D eigenvalue weighted by atomic mass is 9.99. The molecule has 1 aromatic heterocycles. The van der Waals surface area contributed by atoms with Crippen molar-refractivity contribution >= 4 is 23.4 Å². The summed E-state index contributed by atoms with van der Waals surface area (Å²) in [5.41, 5.74) is 5.48. The van der Waals surface area contributed by atoms with Gasteiger partial charge in [-0.05, 0) is 66.3 Å². The largest absolute Gasteiger partial charge is 0.352 e. The molecule has 4 heterocycles. The zero-order chi connectivity index (χ0) is 28.5. The quantitative estimate of drug-likeness (QED) is 0.298. The van der Waals surface area contributed by atoms with E-state index < -0.39 is 12.3 Å². The third-order valence-electron chi connectivity index (χ3n) is 8.49. The molecule has 3 amide bonds. The van der Waals surface area contributed by atoms with Gasteiger partial charge in [-0.2, -0.15) is 0 Å². The SMILES string of the molecule is O=C(Nc1cc(C2CCN(Cc3ccccc3)C2)ccn1)Nc1cccc2c1C1OC[C@@H](Cc3ccccc3)N1C2=O. The highest BCUT2D eigenvalue weighted by molar-refractivity contribution is 6.05. The fourth-order valence-electron chi connectivity index (χ4n) is 6.49. The van der Waals surface area contributed by atoms with Crippen molar-refractivity contribution in [2.45, 2.75) is 37.6 Å². The molecule has 8 heteroatoms. The standard InChI is InChI=1S/C34H33N5O3/c40-32-28-12-7-13-29(31(28)33-39(32)27(22-42-33)18-23-8-3-1-4-9-23)36-34(41)37-30-19-25(14-16-35-30)26-15-17-38(21-26)20-24-10-5-2-6-11-24/h1-14,16,19,26-27,33H,15,17-18,20-22H2,(H2,35,36,37,41)/t26?,27-,33?/m1/s1. The number of likely N-dealkylation sites (tertiary alicyclic amines) is 1. The number of anilines is 2. The number of benzene rings is 3. The van der Waals surface area contributed by atoms with Crippen molar-refractivity contribution in [1.29, 1.82) is 0 Å².